The highest BCUT2D eigenvalue weighted by atomic mass is 19.1. The zero-order chi connectivity index (χ0) is 13.4. The van der Waals surface area contributed by atoms with Crippen LogP contribution in [-0.4, -0.2) is 24.7 Å². The van der Waals surface area contributed by atoms with Gasteiger partial charge in [-0.3, -0.25) is 4.79 Å². The smallest absolute Gasteiger partial charge is 0.303 e. The fourth-order valence-corrected chi connectivity index (χ4v) is 1.57. The summed E-state index contributed by atoms with van der Waals surface area (Å²) in [6, 6.07) is 4.52. The van der Waals surface area contributed by atoms with Crippen LogP contribution in [0.2, 0.25) is 0 Å². The molecule has 100 valence electrons. The molecule has 5 heteroatoms. The molecule has 4 nitrogen and oxygen atoms in total. The van der Waals surface area contributed by atoms with Crippen LogP contribution in [0.1, 0.15) is 25.7 Å². The van der Waals surface area contributed by atoms with Gasteiger partial charge in [0.1, 0.15) is 11.6 Å². The van der Waals surface area contributed by atoms with Crippen LogP contribution < -0.4 is 10.1 Å². The van der Waals surface area contributed by atoms with E-state index in [1.165, 1.54) is 13.2 Å². The number of ether oxygens (including phenoxy) is 1. The second-order valence-electron chi connectivity index (χ2n) is 3.98. The molecule has 0 radical (unpaired) electrons. The van der Waals surface area contributed by atoms with Crippen molar-refractivity contribution in [3.63, 3.8) is 0 Å². The van der Waals surface area contributed by atoms with Gasteiger partial charge in [-0.2, -0.15) is 0 Å². The molecule has 18 heavy (non-hydrogen) atoms. The van der Waals surface area contributed by atoms with Crippen molar-refractivity contribution in [2.24, 2.45) is 0 Å². The van der Waals surface area contributed by atoms with Crippen molar-refractivity contribution in [1.82, 2.24) is 0 Å². The van der Waals surface area contributed by atoms with Gasteiger partial charge in [0, 0.05) is 19.0 Å². The molecule has 0 aromatic heterocycles. The normalized spacial score (nSPS) is 10.1. The lowest BCUT2D eigenvalue weighted by atomic mass is 10.2. The van der Waals surface area contributed by atoms with E-state index in [-0.39, 0.29) is 12.2 Å². The quantitative estimate of drug-likeness (QED) is 0.701. The van der Waals surface area contributed by atoms with Crippen molar-refractivity contribution in [1.29, 1.82) is 0 Å². The monoisotopic (exact) mass is 255 g/mol. The molecule has 0 heterocycles. The third kappa shape index (κ3) is 5.03. The van der Waals surface area contributed by atoms with Gasteiger partial charge >= 0.3 is 5.97 Å². The van der Waals surface area contributed by atoms with Gasteiger partial charge in [0.05, 0.1) is 12.8 Å². The Bertz CT molecular complexity index is 396. The van der Waals surface area contributed by atoms with E-state index in [0.717, 1.165) is 12.8 Å². The summed E-state index contributed by atoms with van der Waals surface area (Å²) in [5.41, 5.74) is 0.410. The fraction of sp³-hybridized carbons (Fsp3) is 0.462. The summed E-state index contributed by atoms with van der Waals surface area (Å²) in [6.07, 6.45) is 2.46. The molecule has 1 aromatic rings. The van der Waals surface area contributed by atoms with E-state index >= 15 is 0 Å². The van der Waals surface area contributed by atoms with Crippen LogP contribution >= 0.6 is 0 Å². The SMILES string of the molecule is COc1ccc(F)c(NCCCCCC(=O)O)c1. The Morgan fingerprint density at radius 1 is 1.39 bits per heavy atom. The van der Waals surface area contributed by atoms with E-state index in [0.29, 0.717) is 24.4 Å². The molecule has 0 atom stereocenters. The minimum absolute atomic E-state index is 0.188. The van der Waals surface area contributed by atoms with Gasteiger partial charge in [0.15, 0.2) is 0 Å². The summed E-state index contributed by atoms with van der Waals surface area (Å²) < 4.78 is 18.4. The molecule has 1 aromatic carbocycles. The minimum atomic E-state index is -0.776. The predicted octanol–water partition coefficient (Wildman–Crippen LogP) is 2.89. The molecular weight excluding hydrogens is 237 g/mol. The molecule has 0 saturated heterocycles. The lowest BCUT2D eigenvalue weighted by Crippen LogP contribution is -2.04. The van der Waals surface area contributed by atoms with Crippen molar-refractivity contribution in [3.05, 3.63) is 24.0 Å². The Labute approximate surface area is 106 Å². The Balaban J connectivity index is 2.28. The van der Waals surface area contributed by atoms with Crippen LogP contribution in [0.15, 0.2) is 18.2 Å². The Kier molecular flexibility index (Phi) is 5.97. The maximum Gasteiger partial charge on any atom is 0.303 e. The van der Waals surface area contributed by atoms with Crippen LogP contribution in [0.5, 0.6) is 5.75 Å². The number of aliphatic carboxylic acids is 1. The molecule has 0 bridgehead atoms. The number of nitrogens with one attached hydrogen (secondary N) is 1. The van der Waals surface area contributed by atoms with E-state index in [9.17, 15) is 9.18 Å². The highest BCUT2D eigenvalue weighted by Crippen LogP contribution is 2.21. The van der Waals surface area contributed by atoms with E-state index in [1.54, 1.807) is 12.1 Å². The summed E-state index contributed by atoms with van der Waals surface area (Å²) >= 11 is 0. The average Bonchev–Trinajstić information content (AvgIpc) is 2.35. The molecular formula is C13H18FNO3. The standard InChI is InChI=1S/C13H18FNO3/c1-18-10-6-7-11(14)12(9-10)15-8-4-2-3-5-13(16)17/h6-7,9,15H,2-5,8H2,1H3,(H,16,17). The summed E-state index contributed by atoms with van der Waals surface area (Å²) in [4.78, 5) is 10.3. The summed E-state index contributed by atoms with van der Waals surface area (Å²) in [7, 11) is 1.53. The van der Waals surface area contributed by atoms with Gasteiger partial charge in [-0.15, -0.1) is 0 Å². The topological polar surface area (TPSA) is 58.6 Å². The van der Waals surface area contributed by atoms with Gasteiger partial charge in [-0.25, -0.2) is 4.39 Å². The third-order valence-electron chi connectivity index (χ3n) is 2.56. The first-order valence-electron chi connectivity index (χ1n) is 5.92. The van der Waals surface area contributed by atoms with E-state index in [4.69, 9.17) is 9.84 Å². The number of rotatable bonds is 8. The van der Waals surface area contributed by atoms with Crippen molar-refractivity contribution in [2.75, 3.05) is 19.0 Å². The lowest BCUT2D eigenvalue weighted by molar-refractivity contribution is -0.137. The first-order valence-corrected chi connectivity index (χ1v) is 5.92. The van der Waals surface area contributed by atoms with E-state index < -0.39 is 5.97 Å². The van der Waals surface area contributed by atoms with Crippen LogP contribution in [0.25, 0.3) is 0 Å². The Morgan fingerprint density at radius 2 is 2.17 bits per heavy atom. The van der Waals surface area contributed by atoms with Crippen molar-refractivity contribution >= 4 is 11.7 Å². The maximum absolute atomic E-state index is 13.4. The van der Waals surface area contributed by atoms with Gasteiger partial charge in [-0.1, -0.05) is 6.42 Å². The number of unbranched alkanes of at least 4 members (excludes halogenated alkanes) is 2. The average molecular weight is 255 g/mol. The van der Waals surface area contributed by atoms with E-state index in [1.807, 2.05) is 0 Å². The number of halogens is 1. The van der Waals surface area contributed by atoms with Crippen LogP contribution in [0.4, 0.5) is 10.1 Å². The van der Waals surface area contributed by atoms with Crippen LogP contribution in [0, 0.1) is 5.82 Å². The molecule has 0 spiro atoms. The summed E-state index contributed by atoms with van der Waals surface area (Å²) in [5, 5.41) is 11.4. The van der Waals surface area contributed by atoms with Crippen LogP contribution in [0.3, 0.4) is 0 Å². The van der Waals surface area contributed by atoms with Crippen molar-refractivity contribution in [2.45, 2.75) is 25.7 Å². The third-order valence-corrected chi connectivity index (χ3v) is 2.56. The number of anilines is 1. The first kappa shape index (κ1) is 14.3. The highest BCUT2D eigenvalue weighted by Gasteiger charge is 2.03. The van der Waals surface area contributed by atoms with Crippen molar-refractivity contribution in [3.8, 4) is 5.75 Å². The number of methoxy groups -OCH3 is 1. The Hall–Kier alpha value is -1.78. The molecule has 0 aliphatic rings. The molecule has 0 unspecified atom stereocenters. The van der Waals surface area contributed by atoms with Gasteiger partial charge in [0.2, 0.25) is 0 Å². The number of hydrogen-bond acceptors (Lipinski definition) is 3. The molecule has 0 aliphatic heterocycles. The molecule has 0 saturated carbocycles. The lowest BCUT2D eigenvalue weighted by Gasteiger charge is -2.09. The number of carbonyl (C=O) groups is 1. The zero-order valence-corrected chi connectivity index (χ0v) is 10.4. The summed E-state index contributed by atoms with van der Waals surface area (Å²) in [5.74, 6) is -0.493. The first-order chi connectivity index (χ1) is 8.63. The highest BCUT2D eigenvalue weighted by molar-refractivity contribution is 5.66. The molecule has 2 N–H and O–H groups in total. The van der Waals surface area contributed by atoms with Gasteiger partial charge < -0.3 is 15.2 Å². The minimum Gasteiger partial charge on any atom is -0.497 e. The maximum atomic E-state index is 13.4. The zero-order valence-electron chi connectivity index (χ0n) is 10.4. The largest absolute Gasteiger partial charge is 0.497 e. The van der Waals surface area contributed by atoms with Gasteiger partial charge in [-0.05, 0) is 25.0 Å². The van der Waals surface area contributed by atoms with Gasteiger partial charge in [0.25, 0.3) is 0 Å². The second-order valence-corrected chi connectivity index (χ2v) is 3.98. The molecule has 0 fully saturated rings. The second kappa shape index (κ2) is 7.53. The molecule has 1 rings (SSSR count). The molecule has 0 amide bonds. The number of benzene rings is 1. The molecule has 0 aliphatic carbocycles. The van der Waals surface area contributed by atoms with Crippen LogP contribution in [-0.2, 0) is 4.79 Å². The predicted molar refractivity (Wildman–Crippen MR) is 67.5 cm³/mol. The Morgan fingerprint density at radius 3 is 2.83 bits per heavy atom. The van der Waals surface area contributed by atoms with Crippen molar-refractivity contribution < 1.29 is 19.0 Å². The van der Waals surface area contributed by atoms with E-state index in [2.05, 4.69) is 5.32 Å². The summed E-state index contributed by atoms with van der Waals surface area (Å²) in [6.45, 7) is 0.615. The fourth-order valence-electron chi connectivity index (χ4n) is 1.57. The number of carboxylic acids is 1. The number of carboxylic acid groups (broad SMARTS) is 1. The number of hydrogen-bond donors (Lipinski definition) is 2.